The van der Waals surface area contributed by atoms with Gasteiger partial charge in [0.05, 0.1) is 21.7 Å². The lowest BCUT2D eigenvalue weighted by atomic mass is 10.1. The van der Waals surface area contributed by atoms with Crippen molar-refractivity contribution < 1.29 is 17.5 Å². The molecule has 0 unspecified atom stereocenters. The van der Waals surface area contributed by atoms with Gasteiger partial charge in [-0.3, -0.25) is 0 Å². The first kappa shape index (κ1) is 25.3. The molecule has 0 fully saturated rings. The Kier molecular flexibility index (Phi) is 7.05. The van der Waals surface area contributed by atoms with Crippen LogP contribution in [0.5, 0.6) is 11.6 Å². The van der Waals surface area contributed by atoms with Crippen molar-refractivity contribution in [2.45, 2.75) is 24.4 Å². The number of anilines is 1. The molecular formula is C28H24FN5O3S. The molecule has 0 bridgehead atoms. The maximum Gasteiger partial charge on any atom is 0.244 e. The summed E-state index contributed by atoms with van der Waals surface area (Å²) in [6, 6.07) is 23.5. The molecule has 2 heterocycles. The van der Waals surface area contributed by atoms with E-state index in [1.54, 1.807) is 12.1 Å². The molecule has 1 aromatic heterocycles. The van der Waals surface area contributed by atoms with Crippen molar-refractivity contribution >= 4 is 16.0 Å². The van der Waals surface area contributed by atoms with Crippen LogP contribution in [0.3, 0.4) is 0 Å². The average Bonchev–Trinajstić information content (AvgIpc) is 2.94. The maximum absolute atomic E-state index is 13.5. The molecule has 0 aliphatic carbocycles. The van der Waals surface area contributed by atoms with Gasteiger partial charge in [0.1, 0.15) is 17.6 Å². The van der Waals surface area contributed by atoms with Gasteiger partial charge in [-0.15, -0.1) is 0 Å². The van der Waals surface area contributed by atoms with E-state index in [-0.39, 0.29) is 29.4 Å². The first-order valence-electron chi connectivity index (χ1n) is 11.9. The fraction of sp³-hybridized carbons (Fsp3) is 0.179. The Hall–Kier alpha value is -4.33. The summed E-state index contributed by atoms with van der Waals surface area (Å²) in [5, 5.41) is 9.45. The molecule has 0 N–H and O–H groups in total. The fourth-order valence-electron chi connectivity index (χ4n) is 4.27. The van der Waals surface area contributed by atoms with Crippen LogP contribution in [0.25, 0.3) is 0 Å². The summed E-state index contributed by atoms with van der Waals surface area (Å²) >= 11 is 0. The molecule has 192 valence electrons. The highest BCUT2D eigenvalue weighted by Crippen LogP contribution is 2.34. The first-order valence-corrected chi connectivity index (χ1v) is 13.4. The number of fused-ring (bicyclic) bond motifs is 1. The zero-order valence-corrected chi connectivity index (χ0v) is 21.4. The molecule has 10 heteroatoms. The molecule has 0 saturated carbocycles. The third-order valence-corrected chi connectivity index (χ3v) is 8.14. The van der Waals surface area contributed by atoms with Crippen LogP contribution in [0.2, 0.25) is 0 Å². The molecule has 3 aromatic carbocycles. The van der Waals surface area contributed by atoms with Crippen molar-refractivity contribution in [3.05, 3.63) is 107 Å². The van der Waals surface area contributed by atoms with Gasteiger partial charge in [0, 0.05) is 33.1 Å². The van der Waals surface area contributed by atoms with Crippen LogP contribution in [0.15, 0.2) is 83.8 Å². The number of hydrogen-bond acceptors (Lipinski definition) is 7. The van der Waals surface area contributed by atoms with Gasteiger partial charge in [-0.25, -0.2) is 17.8 Å². The van der Waals surface area contributed by atoms with E-state index >= 15 is 0 Å². The normalized spacial score (nSPS) is 13.4. The summed E-state index contributed by atoms with van der Waals surface area (Å²) in [7, 11) is -2.10. The lowest BCUT2D eigenvalue weighted by Gasteiger charge is -2.29. The highest BCUT2D eigenvalue weighted by Gasteiger charge is 2.33. The van der Waals surface area contributed by atoms with Gasteiger partial charge >= 0.3 is 0 Å². The Morgan fingerprint density at radius 2 is 1.74 bits per heavy atom. The topological polar surface area (TPSA) is 99.4 Å². The van der Waals surface area contributed by atoms with E-state index < -0.39 is 15.8 Å². The molecule has 0 atom stereocenters. The molecule has 0 saturated heterocycles. The van der Waals surface area contributed by atoms with Crippen LogP contribution in [-0.2, 0) is 29.5 Å². The number of sulfonamides is 1. The minimum Gasteiger partial charge on any atom is -0.438 e. The molecule has 0 radical (unpaired) electrons. The summed E-state index contributed by atoms with van der Waals surface area (Å²) in [6.07, 6.45) is 0.331. The summed E-state index contributed by atoms with van der Waals surface area (Å²) in [4.78, 5) is 11.2. The first-order chi connectivity index (χ1) is 18.3. The van der Waals surface area contributed by atoms with Gasteiger partial charge in [-0.1, -0.05) is 42.5 Å². The third kappa shape index (κ3) is 5.20. The summed E-state index contributed by atoms with van der Waals surface area (Å²) in [5.74, 6) is 0.582. The van der Waals surface area contributed by atoms with Gasteiger partial charge in [0.15, 0.2) is 0 Å². The van der Waals surface area contributed by atoms with Crippen LogP contribution < -0.4 is 9.64 Å². The Morgan fingerprint density at radius 1 is 1.03 bits per heavy atom. The summed E-state index contributed by atoms with van der Waals surface area (Å²) in [6.45, 7) is 0.710. The molecule has 5 rings (SSSR count). The monoisotopic (exact) mass is 529 g/mol. The van der Waals surface area contributed by atoms with Crippen molar-refractivity contribution in [1.82, 2.24) is 14.3 Å². The van der Waals surface area contributed by atoms with Crippen molar-refractivity contribution in [2.75, 3.05) is 18.5 Å². The van der Waals surface area contributed by atoms with Crippen molar-refractivity contribution in [1.29, 1.82) is 5.26 Å². The average molecular weight is 530 g/mol. The Balaban J connectivity index is 1.52. The number of benzene rings is 3. The van der Waals surface area contributed by atoms with Crippen LogP contribution in [-0.4, -0.2) is 36.3 Å². The third-order valence-electron chi connectivity index (χ3n) is 6.23. The van der Waals surface area contributed by atoms with E-state index in [0.717, 1.165) is 5.56 Å². The molecule has 1 aliphatic rings. The lowest BCUT2D eigenvalue weighted by Crippen LogP contribution is -2.37. The molecular weight excluding hydrogens is 505 g/mol. The second kappa shape index (κ2) is 10.6. The minimum absolute atomic E-state index is 0.0311. The van der Waals surface area contributed by atoms with Gasteiger partial charge in [0.25, 0.3) is 0 Å². The number of halogens is 1. The van der Waals surface area contributed by atoms with Crippen molar-refractivity contribution in [3.63, 3.8) is 0 Å². The van der Waals surface area contributed by atoms with Gasteiger partial charge in [0.2, 0.25) is 21.9 Å². The van der Waals surface area contributed by atoms with Gasteiger partial charge < -0.3 is 9.64 Å². The second-order valence-electron chi connectivity index (χ2n) is 8.85. The summed E-state index contributed by atoms with van der Waals surface area (Å²) in [5.41, 5.74) is 2.35. The van der Waals surface area contributed by atoms with E-state index in [2.05, 4.69) is 4.98 Å². The smallest absolute Gasteiger partial charge is 0.244 e. The minimum atomic E-state index is -3.97. The van der Waals surface area contributed by atoms with E-state index in [4.69, 9.17) is 9.72 Å². The number of nitriles is 1. The molecule has 1 aliphatic heterocycles. The highest BCUT2D eigenvalue weighted by atomic mass is 32.2. The van der Waals surface area contributed by atoms with E-state index in [1.807, 2.05) is 48.3 Å². The van der Waals surface area contributed by atoms with Crippen molar-refractivity contribution in [2.24, 2.45) is 0 Å². The number of aromatic nitrogens is 2. The van der Waals surface area contributed by atoms with E-state index in [1.165, 1.54) is 40.7 Å². The number of rotatable bonds is 7. The predicted octanol–water partition coefficient (Wildman–Crippen LogP) is 4.66. The number of nitrogens with zero attached hydrogens (tertiary/aromatic N) is 5. The van der Waals surface area contributed by atoms with Crippen LogP contribution in [0, 0.1) is 17.1 Å². The SMILES string of the molecule is CN(Cc1ccccc1)c1nc2c(c(Oc3ccc(F)cc3)n1)CN(S(=O)(=O)c1ccccc1C#N)CC2. The highest BCUT2D eigenvalue weighted by molar-refractivity contribution is 7.89. The van der Waals surface area contributed by atoms with Crippen LogP contribution >= 0.6 is 0 Å². The van der Waals surface area contributed by atoms with Crippen LogP contribution in [0.4, 0.5) is 10.3 Å². The zero-order chi connectivity index (χ0) is 26.7. The summed E-state index contributed by atoms with van der Waals surface area (Å²) < 4.78 is 47.9. The fourth-order valence-corrected chi connectivity index (χ4v) is 5.82. The Morgan fingerprint density at radius 3 is 2.47 bits per heavy atom. The Bertz CT molecular complexity index is 1610. The molecule has 0 spiro atoms. The van der Waals surface area contributed by atoms with Gasteiger partial charge in [-0.05, 0) is 42.0 Å². The molecule has 8 nitrogen and oxygen atoms in total. The lowest BCUT2D eigenvalue weighted by molar-refractivity contribution is 0.369. The van der Waals surface area contributed by atoms with E-state index in [9.17, 15) is 18.1 Å². The zero-order valence-electron chi connectivity index (χ0n) is 20.6. The van der Waals surface area contributed by atoms with Crippen molar-refractivity contribution in [3.8, 4) is 17.7 Å². The molecule has 38 heavy (non-hydrogen) atoms. The molecule has 0 amide bonds. The second-order valence-corrected chi connectivity index (χ2v) is 10.8. The number of ether oxygens (including phenoxy) is 1. The maximum atomic E-state index is 13.5. The molecule has 4 aromatic rings. The largest absolute Gasteiger partial charge is 0.438 e. The van der Waals surface area contributed by atoms with Gasteiger partial charge in [-0.2, -0.15) is 14.6 Å². The predicted molar refractivity (Wildman–Crippen MR) is 140 cm³/mol. The number of hydrogen-bond donors (Lipinski definition) is 0. The Labute approximate surface area is 220 Å². The van der Waals surface area contributed by atoms with Crippen LogP contribution in [0.1, 0.15) is 22.4 Å². The van der Waals surface area contributed by atoms with E-state index in [0.29, 0.717) is 35.9 Å². The standard InChI is InChI=1S/C28H24FN5O3S/c1-33(18-20-7-3-2-4-8-20)28-31-25-15-16-34(38(35,36)26-10-6-5-9-21(26)17-30)19-24(25)27(32-28)37-23-13-11-22(29)12-14-23/h2-14H,15-16,18-19H2,1H3. The quantitative estimate of drug-likeness (QED) is 0.343.